The number of carbonyl (C=O) groups is 4. The van der Waals surface area contributed by atoms with E-state index in [4.69, 9.17) is 37.0 Å². The predicted molar refractivity (Wildman–Crippen MR) is 391 cm³/mol. The summed E-state index contributed by atoms with van der Waals surface area (Å²) < 4.78 is 68.5. The Morgan fingerprint density at radius 1 is 0.323 bits per heavy atom. The Hall–Kier alpha value is -2.46. The molecule has 0 aliphatic carbocycles. The van der Waals surface area contributed by atoms with Gasteiger partial charge in [0.25, 0.3) is 0 Å². The van der Waals surface area contributed by atoms with Crippen molar-refractivity contribution in [3.8, 4) is 0 Å². The van der Waals surface area contributed by atoms with Crippen molar-refractivity contribution in [3.63, 3.8) is 0 Å². The molecule has 0 amide bonds. The van der Waals surface area contributed by atoms with Gasteiger partial charge in [-0.05, 0) is 57.3 Å². The highest BCUT2D eigenvalue weighted by atomic mass is 31.2. The van der Waals surface area contributed by atoms with Crippen molar-refractivity contribution in [2.45, 2.75) is 400 Å². The molecule has 0 rings (SSSR count). The van der Waals surface area contributed by atoms with Crippen LogP contribution >= 0.6 is 15.6 Å². The van der Waals surface area contributed by atoms with E-state index in [1.807, 2.05) is 0 Å². The molecule has 0 aromatic heterocycles. The zero-order valence-corrected chi connectivity index (χ0v) is 63.8. The predicted octanol–water partition coefficient (Wildman–Crippen LogP) is 22.4. The Morgan fingerprint density at radius 2 is 0.562 bits per heavy atom. The maximum absolute atomic E-state index is 13.1. The van der Waals surface area contributed by atoms with Gasteiger partial charge in [-0.3, -0.25) is 37.3 Å². The molecule has 0 radical (unpaired) electrons. The molecule has 19 heteroatoms. The molecule has 0 saturated carbocycles. The third-order valence-corrected chi connectivity index (χ3v) is 19.3. The molecule has 0 aliphatic rings. The Bertz CT molecular complexity index is 1930. The van der Waals surface area contributed by atoms with Crippen LogP contribution in [-0.4, -0.2) is 96.7 Å². The highest BCUT2D eigenvalue weighted by Gasteiger charge is 2.30. The lowest BCUT2D eigenvalue weighted by Gasteiger charge is -2.21. The van der Waals surface area contributed by atoms with Crippen LogP contribution in [0.25, 0.3) is 0 Å². The van der Waals surface area contributed by atoms with E-state index in [0.29, 0.717) is 25.7 Å². The summed E-state index contributed by atoms with van der Waals surface area (Å²) in [4.78, 5) is 72.7. The molecular weight excluding hydrogens is 1260 g/mol. The molecule has 0 fully saturated rings. The molecule has 2 unspecified atom stereocenters. The molecule has 0 bridgehead atoms. The van der Waals surface area contributed by atoms with Crippen molar-refractivity contribution in [2.24, 2.45) is 5.92 Å². The first-order chi connectivity index (χ1) is 46.5. The molecule has 96 heavy (non-hydrogen) atoms. The lowest BCUT2D eigenvalue weighted by Crippen LogP contribution is -2.30. The molecule has 17 nitrogen and oxygen atoms in total. The van der Waals surface area contributed by atoms with E-state index < -0.39 is 97.5 Å². The highest BCUT2D eigenvalue weighted by Crippen LogP contribution is 2.45. The Balaban J connectivity index is 5.24. The third-order valence-electron chi connectivity index (χ3n) is 17.4. The number of hydrogen-bond acceptors (Lipinski definition) is 15. The number of phosphoric ester groups is 2. The van der Waals surface area contributed by atoms with Crippen LogP contribution in [0, 0.1) is 5.92 Å². The number of allylic oxidation sites excluding steroid dienone is 4. The maximum atomic E-state index is 13.1. The van der Waals surface area contributed by atoms with Gasteiger partial charge in [0.15, 0.2) is 12.2 Å². The van der Waals surface area contributed by atoms with Crippen molar-refractivity contribution in [3.05, 3.63) is 24.3 Å². The number of esters is 4. The normalized spacial score (nSPS) is 14.1. The Labute approximate surface area is 586 Å². The monoisotopic (exact) mass is 1410 g/mol. The minimum atomic E-state index is -4.96. The topological polar surface area (TPSA) is 237 Å². The highest BCUT2D eigenvalue weighted by molar-refractivity contribution is 7.47. The van der Waals surface area contributed by atoms with Crippen molar-refractivity contribution < 1.29 is 80.2 Å². The van der Waals surface area contributed by atoms with Gasteiger partial charge in [0, 0.05) is 25.7 Å². The zero-order valence-electron chi connectivity index (χ0n) is 62.0. The number of aliphatic hydroxyl groups excluding tert-OH is 1. The van der Waals surface area contributed by atoms with Crippen molar-refractivity contribution >= 4 is 39.5 Å². The van der Waals surface area contributed by atoms with Gasteiger partial charge in [-0.15, -0.1) is 0 Å². The average Bonchev–Trinajstić information content (AvgIpc) is 2.42. The summed E-state index contributed by atoms with van der Waals surface area (Å²) in [5, 5.41) is 10.6. The van der Waals surface area contributed by atoms with Gasteiger partial charge in [0.2, 0.25) is 0 Å². The summed E-state index contributed by atoms with van der Waals surface area (Å²) in [5.74, 6) is -1.34. The first-order valence-electron chi connectivity index (χ1n) is 39.5. The van der Waals surface area contributed by atoms with Gasteiger partial charge in [0.1, 0.15) is 19.3 Å². The number of ether oxygens (including phenoxy) is 4. The minimum Gasteiger partial charge on any atom is -0.462 e. The molecule has 0 aliphatic heterocycles. The molecule has 5 atom stereocenters. The molecule has 3 N–H and O–H groups in total. The lowest BCUT2D eigenvalue weighted by molar-refractivity contribution is -0.161. The van der Waals surface area contributed by atoms with Crippen LogP contribution in [0.15, 0.2) is 24.3 Å². The van der Waals surface area contributed by atoms with Gasteiger partial charge in [0.05, 0.1) is 26.4 Å². The largest absolute Gasteiger partial charge is 0.472 e. The summed E-state index contributed by atoms with van der Waals surface area (Å²) in [5.41, 5.74) is 0. The summed E-state index contributed by atoms with van der Waals surface area (Å²) in [7, 11) is -9.92. The first kappa shape index (κ1) is 93.5. The van der Waals surface area contributed by atoms with E-state index in [2.05, 4.69) is 58.9 Å². The maximum Gasteiger partial charge on any atom is 0.472 e. The summed E-state index contributed by atoms with van der Waals surface area (Å²) in [6.07, 6.45) is 61.8. The summed E-state index contributed by atoms with van der Waals surface area (Å²) in [6, 6.07) is 0. The standard InChI is InChI=1S/C77H146O17P2/c1-6-9-12-15-18-21-23-25-28-33-37-41-46-51-56-61-75(80)88-67-73(94-77(82)63-58-53-48-43-39-35-31-27-30-32-36-40-44-49-54-59-70(4)5)69-92-96(85,86)90-65-71(78)64-89-95(83,84)91-68-72(66-87-74(79)60-55-50-45-20-17-14-11-8-3)93-76(81)62-57-52-47-42-38-34-29-26-24-22-19-16-13-10-7-2/h21,23,25,28,70-73,78H,6-20,22,24,26-27,29-69H2,1-5H3,(H,83,84)(H,85,86)/b23-21-,28-25-/t71-,72+,73+/m0/s1. The molecule has 0 saturated heterocycles. The van der Waals surface area contributed by atoms with Crippen molar-refractivity contribution in [1.29, 1.82) is 0 Å². The zero-order chi connectivity index (χ0) is 70.5. The minimum absolute atomic E-state index is 0.101. The van der Waals surface area contributed by atoms with Crippen LogP contribution in [0.2, 0.25) is 0 Å². The van der Waals surface area contributed by atoms with Gasteiger partial charge < -0.3 is 33.8 Å². The van der Waals surface area contributed by atoms with Crippen LogP contribution < -0.4 is 0 Å². The smallest absolute Gasteiger partial charge is 0.462 e. The van der Waals surface area contributed by atoms with E-state index in [0.717, 1.165) is 121 Å². The van der Waals surface area contributed by atoms with Gasteiger partial charge in [-0.1, -0.05) is 329 Å². The van der Waals surface area contributed by atoms with E-state index in [1.54, 1.807) is 0 Å². The van der Waals surface area contributed by atoms with Crippen LogP contribution in [-0.2, 0) is 65.4 Å². The Kier molecular flexibility index (Phi) is 67.8. The molecule has 0 spiro atoms. The van der Waals surface area contributed by atoms with Crippen molar-refractivity contribution in [2.75, 3.05) is 39.6 Å². The molecule has 566 valence electrons. The number of phosphoric acid groups is 2. The van der Waals surface area contributed by atoms with Crippen LogP contribution in [0.1, 0.15) is 381 Å². The molecule has 0 aromatic rings. The average molecular weight is 1410 g/mol. The second-order valence-electron chi connectivity index (χ2n) is 27.5. The van der Waals surface area contributed by atoms with E-state index in [-0.39, 0.29) is 25.7 Å². The van der Waals surface area contributed by atoms with E-state index in [9.17, 15) is 43.2 Å². The second kappa shape index (κ2) is 69.6. The fourth-order valence-electron chi connectivity index (χ4n) is 11.3. The summed E-state index contributed by atoms with van der Waals surface area (Å²) in [6.45, 7) is 7.24. The van der Waals surface area contributed by atoms with Crippen LogP contribution in [0.5, 0.6) is 0 Å². The number of aliphatic hydroxyl groups is 1. The van der Waals surface area contributed by atoms with Gasteiger partial charge in [-0.2, -0.15) is 0 Å². The Morgan fingerprint density at radius 3 is 0.854 bits per heavy atom. The quantitative estimate of drug-likeness (QED) is 0.0169. The SMILES string of the molecule is CCCCCC/C=C\C=C/CCCCCCCC(=O)OC[C@H](COP(=O)(O)OC[C@@H](O)COP(=O)(O)OC[C@@H](COC(=O)CCCCCCCCCC)OC(=O)CCCCCCCCCCCCCCCCC)OC(=O)CCCCCCCCCCCCCCCCCC(C)C. The first-order valence-corrected chi connectivity index (χ1v) is 42.4. The van der Waals surface area contributed by atoms with E-state index in [1.165, 1.54) is 180 Å². The van der Waals surface area contributed by atoms with Crippen molar-refractivity contribution in [1.82, 2.24) is 0 Å². The van der Waals surface area contributed by atoms with Gasteiger partial charge >= 0.3 is 39.5 Å². The van der Waals surface area contributed by atoms with Crippen LogP contribution in [0.4, 0.5) is 0 Å². The number of carbonyl (C=O) groups excluding carboxylic acids is 4. The second-order valence-corrected chi connectivity index (χ2v) is 30.4. The van der Waals surface area contributed by atoms with Crippen LogP contribution in [0.3, 0.4) is 0 Å². The molecule has 0 aromatic carbocycles. The lowest BCUT2D eigenvalue weighted by atomic mass is 10.0. The fraction of sp³-hybridized carbons (Fsp3) is 0.896. The molecular formula is C77H146O17P2. The number of unbranched alkanes of at least 4 members (excludes halogenated alkanes) is 44. The van der Waals surface area contributed by atoms with Gasteiger partial charge in [-0.25, -0.2) is 9.13 Å². The number of rotatable bonds is 75. The van der Waals surface area contributed by atoms with E-state index >= 15 is 0 Å². The summed E-state index contributed by atoms with van der Waals surface area (Å²) >= 11 is 0. The molecule has 0 heterocycles. The number of hydrogen-bond donors (Lipinski definition) is 3. The fourth-order valence-corrected chi connectivity index (χ4v) is 12.9. The third kappa shape index (κ3) is 70.0.